The molecular weight excluding hydrogens is 566 g/mol. The fourth-order valence-electron chi connectivity index (χ4n) is 4.50. The molecule has 0 radical (unpaired) electrons. The largest absolute Gasteiger partial charge is 0.378 e. The van der Waals surface area contributed by atoms with E-state index in [2.05, 4.69) is 72.3 Å². The zero-order chi connectivity index (χ0) is 27.8. The van der Waals surface area contributed by atoms with E-state index >= 15 is 0 Å². The molecule has 2 N–H and O–H groups in total. The van der Waals surface area contributed by atoms with Crippen molar-refractivity contribution in [1.29, 1.82) is 0 Å². The molecule has 2 atom stereocenters. The molecule has 0 saturated carbocycles. The number of benzene rings is 4. The Labute approximate surface area is 251 Å². The lowest BCUT2D eigenvalue weighted by atomic mass is 10.0. The summed E-state index contributed by atoms with van der Waals surface area (Å²) >= 11 is 25.1. The predicted octanol–water partition coefficient (Wildman–Crippen LogP) is 11.3. The minimum atomic E-state index is 0.00540. The quantitative estimate of drug-likeness (QED) is 0.159. The minimum Gasteiger partial charge on any atom is -0.378 e. The zero-order valence-electron chi connectivity index (χ0n) is 21.4. The molecule has 0 bridgehead atoms. The molecule has 0 fully saturated rings. The predicted molar refractivity (Wildman–Crippen MR) is 171 cm³/mol. The van der Waals surface area contributed by atoms with Gasteiger partial charge >= 0.3 is 0 Å². The SMILES string of the molecule is C=CC[C@H](Nc1ccc(Cc2ccc(N[C@H](CC=C)c3ccc(Cl)cc3Cl)cc2)cc1)c1ccc(Cl)cc1Cl. The van der Waals surface area contributed by atoms with Gasteiger partial charge in [-0.15, -0.1) is 13.2 Å². The van der Waals surface area contributed by atoms with Gasteiger partial charge in [-0.25, -0.2) is 0 Å². The van der Waals surface area contributed by atoms with Crippen LogP contribution in [-0.2, 0) is 6.42 Å². The van der Waals surface area contributed by atoms with Gasteiger partial charge in [0.2, 0.25) is 0 Å². The maximum atomic E-state index is 6.46. The van der Waals surface area contributed by atoms with Crippen LogP contribution in [0.2, 0.25) is 20.1 Å². The monoisotopic (exact) mass is 594 g/mol. The highest BCUT2D eigenvalue weighted by Gasteiger charge is 2.15. The van der Waals surface area contributed by atoms with Crippen LogP contribution in [-0.4, -0.2) is 0 Å². The van der Waals surface area contributed by atoms with E-state index in [0.29, 0.717) is 20.1 Å². The molecule has 0 spiro atoms. The summed E-state index contributed by atoms with van der Waals surface area (Å²) in [6.07, 6.45) is 6.08. The lowest BCUT2D eigenvalue weighted by Gasteiger charge is -2.21. The molecular formula is C33H30Cl4N2. The molecule has 0 aliphatic carbocycles. The number of nitrogens with one attached hydrogen (secondary N) is 2. The molecule has 4 rings (SSSR count). The highest BCUT2D eigenvalue weighted by molar-refractivity contribution is 6.35. The van der Waals surface area contributed by atoms with Crippen LogP contribution >= 0.6 is 46.4 Å². The lowest BCUT2D eigenvalue weighted by molar-refractivity contribution is 0.799. The van der Waals surface area contributed by atoms with Crippen molar-refractivity contribution in [3.63, 3.8) is 0 Å². The zero-order valence-corrected chi connectivity index (χ0v) is 24.5. The van der Waals surface area contributed by atoms with Gasteiger partial charge in [-0.05, 0) is 90.0 Å². The van der Waals surface area contributed by atoms with Gasteiger partial charge in [-0.1, -0.05) is 95.0 Å². The summed E-state index contributed by atoms with van der Waals surface area (Å²) in [6.45, 7) is 7.80. The molecule has 4 aromatic rings. The van der Waals surface area contributed by atoms with Gasteiger partial charge in [-0.2, -0.15) is 0 Å². The third kappa shape index (κ3) is 8.06. The van der Waals surface area contributed by atoms with Gasteiger partial charge < -0.3 is 10.6 Å². The average molecular weight is 596 g/mol. The van der Waals surface area contributed by atoms with Crippen LogP contribution in [0.5, 0.6) is 0 Å². The van der Waals surface area contributed by atoms with E-state index in [1.165, 1.54) is 11.1 Å². The van der Waals surface area contributed by atoms with Crippen molar-refractivity contribution in [3.05, 3.63) is 153 Å². The summed E-state index contributed by atoms with van der Waals surface area (Å²) in [5.74, 6) is 0. The molecule has 0 aromatic heterocycles. The van der Waals surface area contributed by atoms with Gasteiger partial charge in [-0.3, -0.25) is 0 Å². The third-order valence-corrected chi connectivity index (χ3v) is 7.60. The Bertz CT molecular complexity index is 1310. The average Bonchev–Trinajstić information content (AvgIpc) is 2.90. The summed E-state index contributed by atoms with van der Waals surface area (Å²) in [5.41, 5.74) is 6.47. The molecule has 0 aliphatic rings. The van der Waals surface area contributed by atoms with Crippen molar-refractivity contribution >= 4 is 57.8 Å². The second-order valence-electron chi connectivity index (χ2n) is 9.34. The van der Waals surface area contributed by atoms with E-state index in [1.807, 2.05) is 36.4 Å². The highest BCUT2D eigenvalue weighted by atomic mass is 35.5. The molecule has 4 aromatic carbocycles. The van der Waals surface area contributed by atoms with E-state index < -0.39 is 0 Å². The first-order valence-electron chi connectivity index (χ1n) is 12.7. The summed E-state index contributed by atoms with van der Waals surface area (Å²) in [7, 11) is 0. The maximum Gasteiger partial charge on any atom is 0.0562 e. The Morgan fingerprint density at radius 1 is 0.564 bits per heavy atom. The third-order valence-electron chi connectivity index (χ3n) is 6.48. The van der Waals surface area contributed by atoms with Gasteiger partial charge in [0.05, 0.1) is 12.1 Å². The number of hydrogen-bond acceptors (Lipinski definition) is 2. The van der Waals surface area contributed by atoms with Gasteiger partial charge in [0.1, 0.15) is 0 Å². The van der Waals surface area contributed by atoms with Crippen molar-refractivity contribution in [2.75, 3.05) is 10.6 Å². The Kier molecular flexibility index (Phi) is 10.4. The molecule has 6 heteroatoms. The van der Waals surface area contributed by atoms with Crippen LogP contribution in [0.25, 0.3) is 0 Å². The van der Waals surface area contributed by atoms with Crippen LogP contribution in [0, 0.1) is 0 Å². The Hall–Kier alpha value is -2.88. The minimum absolute atomic E-state index is 0.00540. The Morgan fingerprint density at radius 2 is 0.949 bits per heavy atom. The molecule has 0 unspecified atom stereocenters. The molecule has 0 heterocycles. The van der Waals surface area contributed by atoms with Gasteiger partial charge in [0.25, 0.3) is 0 Å². The van der Waals surface area contributed by atoms with E-state index in [1.54, 1.807) is 12.1 Å². The molecule has 39 heavy (non-hydrogen) atoms. The second-order valence-corrected chi connectivity index (χ2v) is 11.0. The van der Waals surface area contributed by atoms with Crippen molar-refractivity contribution in [3.8, 4) is 0 Å². The van der Waals surface area contributed by atoms with Crippen LogP contribution in [0.1, 0.15) is 47.2 Å². The number of halogens is 4. The Morgan fingerprint density at radius 3 is 1.28 bits per heavy atom. The van der Waals surface area contributed by atoms with Crippen LogP contribution in [0.15, 0.2) is 110 Å². The first-order valence-corrected chi connectivity index (χ1v) is 14.2. The fraction of sp³-hybridized carbons (Fsp3) is 0.152. The van der Waals surface area contributed by atoms with E-state index in [0.717, 1.165) is 41.8 Å². The van der Waals surface area contributed by atoms with Crippen LogP contribution in [0.3, 0.4) is 0 Å². The van der Waals surface area contributed by atoms with E-state index in [9.17, 15) is 0 Å². The molecule has 0 amide bonds. The topological polar surface area (TPSA) is 24.1 Å². The number of hydrogen-bond donors (Lipinski definition) is 2. The van der Waals surface area contributed by atoms with Crippen molar-refractivity contribution in [1.82, 2.24) is 0 Å². The lowest BCUT2D eigenvalue weighted by Crippen LogP contribution is -2.10. The smallest absolute Gasteiger partial charge is 0.0562 e. The summed E-state index contributed by atoms with van der Waals surface area (Å²) in [5, 5.41) is 9.67. The standard InChI is InChI=1S/C33H30Cl4N2/c1-3-5-32(28-17-11-24(34)20-30(28)36)38-26-13-7-22(8-14-26)19-23-9-15-27(16-10-23)39-33(6-4-2)29-18-12-25(35)21-31(29)37/h3-4,7-18,20-21,32-33,38-39H,1-2,5-6,19H2/t32-,33+. The van der Waals surface area contributed by atoms with Crippen LogP contribution < -0.4 is 10.6 Å². The van der Waals surface area contributed by atoms with Crippen molar-refractivity contribution in [2.24, 2.45) is 0 Å². The molecule has 2 nitrogen and oxygen atoms in total. The van der Waals surface area contributed by atoms with Crippen molar-refractivity contribution < 1.29 is 0 Å². The van der Waals surface area contributed by atoms with E-state index in [4.69, 9.17) is 46.4 Å². The first kappa shape index (κ1) is 29.1. The molecule has 0 saturated heterocycles. The van der Waals surface area contributed by atoms with Gasteiger partial charge in [0, 0.05) is 31.5 Å². The summed E-state index contributed by atoms with van der Waals surface area (Å²) < 4.78 is 0. The van der Waals surface area contributed by atoms with Gasteiger partial charge in [0.15, 0.2) is 0 Å². The number of anilines is 2. The van der Waals surface area contributed by atoms with E-state index in [-0.39, 0.29) is 12.1 Å². The summed E-state index contributed by atoms with van der Waals surface area (Å²) in [4.78, 5) is 0. The Balaban J connectivity index is 1.40. The van der Waals surface area contributed by atoms with Crippen LogP contribution in [0.4, 0.5) is 11.4 Å². The van der Waals surface area contributed by atoms with Crippen molar-refractivity contribution in [2.45, 2.75) is 31.3 Å². The number of rotatable bonds is 12. The summed E-state index contributed by atoms with van der Waals surface area (Å²) in [6, 6.07) is 28.2. The fourth-order valence-corrected chi connectivity index (χ4v) is 5.58. The molecule has 200 valence electrons. The second kappa shape index (κ2) is 14.0. The normalized spacial score (nSPS) is 12.4. The first-order chi connectivity index (χ1) is 18.9. The maximum absolute atomic E-state index is 6.46. The molecule has 0 aliphatic heterocycles. The highest BCUT2D eigenvalue weighted by Crippen LogP contribution is 2.32.